The molecule has 0 unspecified atom stereocenters. The molecule has 1 heterocycles. The van der Waals surface area contributed by atoms with E-state index >= 15 is 0 Å². The maximum atomic E-state index is 11.8. The Bertz CT molecular complexity index is 515. The van der Waals surface area contributed by atoms with E-state index in [9.17, 15) is 8.42 Å². The first kappa shape index (κ1) is 15.9. The Balaban J connectivity index is 2.41. The largest absolute Gasteiger partial charge is 0.370 e. The lowest BCUT2D eigenvalue weighted by atomic mass is 10.1. The number of nitrogens with zero attached hydrogens (tertiary/aromatic N) is 1. The molecule has 1 aromatic heterocycles. The first-order valence-electron chi connectivity index (χ1n) is 5.82. The Morgan fingerprint density at radius 1 is 1.47 bits per heavy atom. The normalized spacial score (nSPS) is 13.5. The van der Waals surface area contributed by atoms with Crippen LogP contribution < -0.4 is 15.8 Å². The zero-order chi connectivity index (χ0) is 14.5. The topological polar surface area (TPSA) is 96.6 Å². The SMILES string of the molecule is CC(C)(C)NC(N)=NCCNS(=O)(=O)c1cccs1. The molecule has 0 atom stereocenters. The van der Waals surface area contributed by atoms with Crippen LogP contribution in [0.15, 0.2) is 26.7 Å². The third-order valence-corrected chi connectivity index (χ3v) is 4.81. The molecule has 0 fully saturated rings. The number of guanidine groups is 1. The number of hydrogen-bond donors (Lipinski definition) is 3. The summed E-state index contributed by atoms with van der Waals surface area (Å²) >= 11 is 1.18. The third kappa shape index (κ3) is 6.04. The van der Waals surface area contributed by atoms with Gasteiger partial charge >= 0.3 is 0 Å². The predicted molar refractivity (Wildman–Crippen MR) is 78.9 cm³/mol. The van der Waals surface area contributed by atoms with Crippen molar-refractivity contribution in [3.05, 3.63) is 17.5 Å². The van der Waals surface area contributed by atoms with E-state index in [4.69, 9.17) is 5.73 Å². The first-order chi connectivity index (χ1) is 8.71. The molecule has 0 aliphatic carbocycles. The Morgan fingerprint density at radius 3 is 2.68 bits per heavy atom. The van der Waals surface area contributed by atoms with Crippen molar-refractivity contribution in [3.8, 4) is 0 Å². The minimum Gasteiger partial charge on any atom is -0.370 e. The summed E-state index contributed by atoms with van der Waals surface area (Å²) in [5.74, 6) is 0.308. The summed E-state index contributed by atoms with van der Waals surface area (Å²) in [6.45, 7) is 6.41. The molecule has 4 N–H and O–H groups in total. The third-order valence-electron chi connectivity index (χ3n) is 1.95. The predicted octanol–water partition coefficient (Wildman–Crippen LogP) is 0.729. The molecule has 1 aromatic rings. The lowest BCUT2D eigenvalue weighted by Crippen LogP contribution is -2.45. The van der Waals surface area contributed by atoms with Gasteiger partial charge < -0.3 is 11.1 Å². The van der Waals surface area contributed by atoms with Crippen molar-refractivity contribution in [1.29, 1.82) is 0 Å². The zero-order valence-corrected chi connectivity index (χ0v) is 12.9. The summed E-state index contributed by atoms with van der Waals surface area (Å²) < 4.78 is 26.3. The average molecular weight is 304 g/mol. The fourth-order valence-electron chi connectivity index (χ4n) is 1.27. The fraction of sp³-hybridized carbons (Fsp3) is 0.545. The van der Waals surface area contributed by atoms with E-state index in [0.717, 1.165) is 0 Å². The Hall–Kier alpha value is -1.12. The van der Waals surface area contributed by atoms with Gasteiger partial charge in [0, 0.05) is 12.1 Å². The second-order valence-corrected chi connectivity index (χ2v) is 7.91. The van der Waals surface area contributed by atoms with Crippen molar-refractivity contribution >= 4 is 27.3 Å². The molecule has 0 radical (unpaired) electrons. The number of aliphatic imine (C=N–C) groups is 1. The van der Waals surface area contributed by atoms with E-state index in [1.165, 1.54) is 11.3 Å². The van der Waals surface area contributed by atoms with Crippen LogP contribution in [0, 0.1) is 0 Å². The molecule has 8 heteroatoms. The van der Waals surface area contributed by atoms with Crippen molar-refractivity contribution in [3.63, 3.8) is 0 Å². The smallest absolute Gasteiger partial charge is 0.250 e. The van der Waals surface area contributed by atoms with Crippen LogP contribution in [0.5, 0.6) is 0 Å². The molecule has 0 aliphatic rings. The van der Waals surface area contributed by atoms with Crippen LogP contribution in [0.3, 0.4) is 0 Å². The highest BCUT2D eigenvalue weighted by Crippen LogP contribution is 2.14. The maximum Gasteiger partial charge on any atom is 0.250 e. The number of nitrogens with one attached hydrogen (secondary N) is 2. The van der Waals surface area contributed by atoms with Gasteiger partial charge in [0.15, 0.2) is 5.96 Å². The molecule has 1 rings (SSSR count). The summed E-state index contributed by atoms with van der Waals surface area (Å²) in [6, 6.07) is 3.26. The molecule has 0 saturated carbocycles. The Morgan fingerprint density at radius 2 is 2.16 bits per heavy atom. The van der Waals surface area contributed by atoms with Gasteiger partial charge in [0.05, 0.1) is 6.54 Å². The van der Waals surface area contributed by atoms with Crippen molar-refractivity contribution in [2.75, 3.05) is 13.1 Å². The molecular weight excluding hydrogens is 284 g/mol. The van der Waals surface area contributed by atoms with Crippen LogP contribution in [-0.2, 0) is 10.0 Å². The Kier molecular flexibility index (Phi) is 5.33. The van der Waals surface area contributed by atoms with Crippen LogP contribution in [0.2, 0.25) is 0 Å². The first-order valence-corrected chi connectivity index (χ1v) is 8.18. The van der Waals surface area contributed by atoms with Crippen molar-refractivity contribution < 1.29 is 8.42 Å². The van der Waals surface area contributed by atoms with Gasteiger partial charge in [-0.25, -0.2) is 13.1 Å². The van der Waals surface area contributed by atoms with Gasteiger partial charge in [-0.3, -0.25) is 4.99 Å². The average Bonchev–Trinajstić information content (AvgIpc) is 2.75. The van der Waals surface area contributed by atoms with Gasteiger partial charge in [0.25, 0.3) is 0 Å². The Labute approximate surface area is 118 Å². The molecule has 0 saturated heterocycles. The van der Waals surface area contributed by atoms with Crippen LogP contribution in [0.4, 0.5) is 0 Å². The van der Waals surface area contributed by atoms with E-state index in [2.05, 4.69) is 15.0 Å². The van der Waals surface area contributed by atoms with Gasteiger partial charge in [-0.15, -0.1) is 11.3 Å². The number of sulfonamides is 1. The summed E-state index contributed by atoms with van der Waals surface area (Å²) in [6.07, 6.45) is 0. The van der Waals surface area contributed by atoms with Crippen LogP contribution in [0.1, 0.15) is 20.8 Å². The minimum atomic E-state index is -3.41. The summed E-state index contributed by atoms with van der Waals surface area (Å²) in [7, 11) is -3.41. The standard InChI is InChI=1S/C11H20N4O2S2/c1-11(2,3)15-10(12)13-6-7-14-19(16,17)9-5-4-8-18-9/h4-5,8,14H,6-7H2,1-3H3,(H3,12,13,15). The second-order valence-electron chi connectivity index (χ2n) is 4.97. The molecule has 0 aliphatic heterocycles. The van der Waals surface area contributed by atoms with Crippen molar-refractivity contribution in [1.82, 2.24) is 10.0 Å². The highest BCUT2D eigenvalue weighted by Gasteiger charge is 2.14. The maximum absolute atomic E-state index is 11.8. The second kappa shape index (κ2) is 6.36. The highest BCUT2D eigenvalue weighted by molar-refractivity contribution is 7.91. The number of hydrogen-bond acceptors (Lipinski definition) is 4. The number of rotatable bonds is 5. The molecule has 0 amide bonds. The molecule has 0 aromatic carbocycles. The van der Waals surface area contributed by atoms with E-state index < -0.39 is 10.0 Å². The van der Waals surface area contributed by atoms with Gasteiger partial charge in [-0.1, -0.05) is 6.07 Å². The number of thiophene rings is 1. The summed E-state index contributed by atoms with van der Waals surface area (Å²) in [5.41, 5.74) is 5.51. The van der Waals surface area contributed by atoms with Crippen molar-refractivity contribution in [2.24, 2.45) is 10.7 Å². The van der Waals surface area contributed by atoms with Gasteiger partial charge in [-0.2, -0.15) is 0 Å². The quantitative estimate of drug-likeness (QED) is 0.424. The van der Waals surface area contributed by atoms with Gasteiger partial charge in [0.1, 0.15) is 4.21 Å². The van der Waals surface area contributed by atoms with E-state index in [-0.39, 0.29) is 12.1 Å². The lowest BCUT2D eigenvalue weighted by molar-refractivity contribution is 0.508. The summed E-state index contributed by atoms with van der Waals surface area (Å²) in [5, 5.41) is 4.72. The number of nitrogens with two attached hydrogens (primary N) is 1. The van der Waals surface area contributed by atoms with E-state index in [1.807, 2.05) is 20.8 Å². The van der Waals surface area contributed by atoms with E-state index in [0.29, 0.717) is 16.7 Å². The van der Waals surface area contributed by atoms with Crippen LogP contribution >= 0.6 is 11.3 Å². The van der Waals surface area contributed by atoms with E-state index in [1.54, 1.807) is 17.5 Å². The fourth-order valence-corrected chi connectivity index (χ4v) is 3.33. The monoisotopic (exact) mass is 304 g/mol. The lowest BCUT2D eigenvalue weighted by Gasteiger charge is -2.20. The molecule has 108 valence electrons. The molecule has 19 heavy (non-hydrogen) atoms. The van der Waals surface area contributed by atoms with Gasteiger partial charge in [-0.05, 0) is 32.2 Å². The van der Waals surface area contributed by atoms with Crippen molar-refractivity contribution in [2.45, 2.75) is 30.5 Å². The molecule has 6 nitrogen and oxygen atoms in total. The zero-order valence-electron chi connectivity index (χ0n) is 11.3. The summed E-state index contributed by atoms with van der Waals surface area (Å²) in [4.78, 5) is 4.05. The molecule has 0 bridgehead atoms. The highest BCUT2D eigenvalue weighted by atomic mass is 32.2. The van der Waals surface area contributed by atoms with Crippen LogP contribution in [0.25, 0.3) is 0 Å². The van der Waals surface area contributed by atoms with Gasteiger partial charge in [0.2, 0.25) is 10.0 Å². The van der Waals surface area contributed by atoms with Crippen LogP contribution in [-0.4, -0.2) is 33.0 Å². The molecular formula is C11H20N4O2S2. The molecule has 0 spiro atoms. The minimum absolute atomic E-state index is 0.163.